The van der Waals surface area contributed by atoms with Crippen molar-refractivity contribution in [3.8, 4) is 0 Å². The number of benzene rings is 1. The maximum atomic E-state index is 11.9. The molecule has 2 aromatic rings. The predicted molar refractivity (Wildman–Crippen MR) is 68.6 cm³/mol. The quantitative estimate of drug-likeness (QED) is 0.864. The van der Waals surface area contributed by atoms with Gasteiger partial charge in [0, 0.05) is 12.6 Å². The first-order valence-electron chi connectivity index (χ1n) is 5.10. The Morgan fingerprint density at radius 2 is 2.22 bits per heavy atom. The minimum atomic E-state index is -1.05. The van der Waals surface area contributed by atoms with Crippen LogP contribution in [0.4, 0.5) is 5.13 Å². The molecule has 0 radical (unpaired) electrons. The van der Waals surface area contributed by atoms with Crippen LogP contribution in [0.25, 0.3) is 10.2 Å². The van der Waals surface area contributed by atoms with E-state index in [1.54, 1.807) is 18.2 Å². The van der Waals surface area contributed by atoms with E-state index < -0.39 is 5.97 Å². The number of aliphatic carboxylic acids is 1. The first kappa shape index (κ1) is 12.3. The molecule has 0 aliphatic heterocycles. The van der Waals surface area contributed by atoms with E-state index in [0.29, 0.717) is 10.7 Å². The summed E-state index contributed by atoms with van der Waals surface area (Å²) in [5, 5.41) is 9.07. The monoisotopic (exact) mass is 265 g/mol. The van der Waals surface area contributed by atoms with Gasteiger partial charge in [-0.05, 0) is 18.2 Å². The molecule has 0 atom stereocenters. The summed E-state index contributed by atoms with van der Waals surface area (Å²) in [7, 11) is 1.45. The summed E-state index contributed by atoms with van der Waals surface area (Å²) < 4.78 is 0.807. The number of carbonyl (C=O) groups is 2. The lowest BCUT2D eigenvalue weighted by molar-refractivity contribution is -0.137. The molecule has 0 fully saturated rings. The zero-order chi connectivity index (χ0) is 13.3. The van der Waals surface area contributed by atoms with Crippen LogP contribution in [0.3, 0.4) is 0 Å². The van der Waals surface area contributed by atoms with E-state index in [0.717, 1.165) is 15.1 Å². The molecule has 0 aliphatic carbocycles. The highest BCUT2D eigenvalue weighted by Crippen LogP contribution is 2.24. The molecule has 0 bridgehead atoms. The van der Waals surface area contributed by atoms with E-state index in [-0.39, 0.29) is 12.5 Å². The standard InChI is InChI=1S/C11H11N3O3S/c1-14(5-9(15)16)10(17)6-2-3-7-8(4-6)18-11(12)13-7/h2-4H,5H2,1H3,(H2,12,13)(H,15,16). The summed E-state index contributed by atoms with van der Waals surface area (Å²) in [5.41, 5.74) is 6.73. The van der Waals surface area contributed by atoms with Crippen LogP contribution in [-0.4, -0.2) is 40.5 Å². The van der Waals surface area contributed by atoms with Gasteiger partial charge in [-0.2, -0.15) is 0 Å². The van der Waals surface area contributed by atoms with Crippen LogP contribution in [0.15, 0.2) is 18.2 Å². The van der Waals surface area contributed by atoms with Gasteiger partial charge in [0.2, 0.25) is 0 Å². The highest BCUT2D eigenvalue weighted by molar-refractivity contribution is 7.22. The topological polar surface area (TPSA) is 96.5 Å². The molecule has 0 unspecified atom stereocenters. The molecular weight excluding hydrogens is 254 g/mol. The molecule has 0 spiro atoms. The first-order valence-corrected chi connectivity index (χ1v) is 5.92. The number of carboxylic acids is 1. The van der Waals surface area contributed by atoms with E-state index in [1.807, 2.05) is 0 Å². The fraction of sp³-hybridized carbons (Fsp3) is 0.182. The molecule has 7 heteroatoms. The molecule has 2 rings (SSSR count). The predicted octanol–water partition coefficient (Wildman–Crippen LogP) is 1.04. The maximum Gasteiger partial charge on any atom is 0.323 e. The van der Waals surface area contributed by atoms with Crippen LogP contribution in [0.2, 0.25) is 0 Å². The summed E-state index contributed by atoms with van der Waals surface area (Å²) in [6, 6.07) is 4.98. The zero-order valence-corrected chi connectivity index (χ0v) is 10.4. The Balaban J connectivity index is 2.30. The Labute approximate surface area is 107 Å². The number of fused-ring (bicyclic) bond motifs is 1. The number of nitrogen functional groups attached to an aromatic ring is 1. The second kappa shape index (κ2) is 4.61. The van der Waals surface area contributed by atoms with Gasteiger partial charge in [-0.15, -0.1) is 0 Å². The molecule has 1 heterocycles. The average Bonchev–Trinajstić information content (AvgIpc) is 2.65. The molecule has 94 valence electrons. The number of rotatable bonds is 3. The van der Waals surface area contributed by atoms with Crippen molar-refractivity contribution in [3.63, 3.8) is 0 Å². The second-order valence-electron chi connectivity index (χ2n) is 3.79. The summed E-state index contributed by atoms with van der Waals surface area (Å²) in [5.74, 6) is -1.39. The van der Waals surface area contributed by atoms with Crippen LogP contribution in [0.1, 0.15) is 10.4 Å². The lowest BCUT2D eigenvalue weighted by Crippen LogP contribution is -2.31. The number of hydrogen-bond acceptors (Lipinski definition) is 5. The van der Waals surface area contributed by atoms with Crippen molar-refractivity contribution in [2.24, 2.45) is 0 Å². The van der Waals surface area contributed by atoms with Gasteiger partial charge < -0.3 is 15.7 Å². The van der Waals surface area contributed by atoms with Crippen LogP contribution < -0.4 is 5.73 Å². The third-order valence-corrected chi connectivity index (χ3v) is 3.22. The van der Waals surface area contributed by atoms with Crippen LogP contribution in [0.5, 0.6) is 0 Å². The Kier molecular flexibility index (Phi) is 3.15. The van der Waals surface area contributed by atoms with Gasteiger partial charge in [-0.25, -0.2) is 4.98 Å². The SMILES string of the molecule is CN(CC(=O)O)C(=O)c1ccc2nc(N)sc2c1. The zero-order valence-electron chi connectivity index (χ0n) is 9.58. The number of thiazole rings is 1. The molecule has 18 heavy (non-hydrogen) atoms. The molecule has 1 aromatic carbocycles. The Morgan fingerprint density at radius 1 is 1.50 bits per heavy atom. The molecule has 1 aromatic heterocycles. The van der Waals surface area contributed by atoms with Crippen molar-refractivity contribution in [1.82, 2.24) is 9.88 Å². The van der Waals surface area contributed by atoms with Gasteiger partial charge in [-0.3, -0.25) is 9.59 Å². The number of amides is 1. The normalized spacial score (nSPS) is 10.5. The number of likely N-dealkylation sites (N-methyl/N-ethyl adjacent to an activating group) is 1. The summed E-state index contributed by atoms with van der Waals surface area (Å²) in [6.45, 7) is -0.332. The molecule has 0 aliphatic rings. The van der Waals surface area contributed by atoms with Crippen molar-refractivity contribution in [2.75, 3.05) is 19.3 Å². The average molecular weight is 265 g/mol. The van der Waals surface area contributed by atoms with Gasteiger partial charge >= 0.3 is 5.97 Å². The van der Waals surface area contributed by atoms with Crippen molar-refractivity contribution in [2.45, 2.75) is 0 Å². The fourth-order valence-electron chi connectivity index (χ4n) is 1.57. The van der Waals surface area contributed by atoms with Crippen LogP contribution in [0, 0.1) is 0 Å². The number of hydrogen-bond donors (Lipinski definition) is 2. The minimum Gasteiger partial charge on any atom is -0.480 e. The van der Waals surface area contributed by atoms with E-state index in [2.05, 4.69) is 4.98 Å². The summed E-state index contributed by atoms with van der Waals surface area (Å²) >= 11 is 1.29. The van der Waals surface area contributed by atoms with Gasteiger partial charge in [0.1, 0.15) is 6.54 Å². The number of aromatic nitrogens is 1. The number of nitrogens with zero attached hydrogens (tertiary/aromatic N) is 2. The number of carbonyl (C=O) groups excluding carboxylic acids is 1. The van der Waals surface area contributed by atoms with Crippen LogP contribution in [-0.2, 0) is 4.79 Å². The van der Waals surface area contributed by atoms with E-state index in [9.17, 15) is 9.59 Å². The molecule has 6 nitrogen and oxygen atoms in total. The molecular formula is C11H11N3O3S. The Hall–Kier alpha value is -2.15. The third-order valence-electron chi connectivity index (χ3n) is 2.37. The van der Waals surface area contributed by atoms with Crippen molar-refractivity contribution >= 4 is 38.6 Å². The largest absolute Gasteiger partial charge is 0.480 e. The van der Waals surface area contributed by atoms with Gasteiger partial charge in [0.05, 0.1) is 10.2 Å². The maximum absolute atomic E-state index is 11.9. The number of carboxylic acid groups (broad SMARTS) is 1. The number of nitrogens with two attached hydrogens (primary N) is 1. The van der Waals surface area contributed by atoms with E-state index in [1.165, 1.54) is 18.4 Å². The molecule has 0 saturated carbocycles. The van der Waals surface area contributed by atoms with Crippen molar-refractivity contribution in [1.29, 1.82) is 0 Å². The Morgan fingerprint density at radius 3 is 2.89 bits per heavy atom. The highest BCUT2D eigenvalue weighted by atomic mass is 32.1. The van der Waals surface area contributed by atoms with Crippen LogP contribution >= 0.6 is 11.3 Å². The lowest BCUT2D eigenvalue weighted by atomic mass is 10.2. The van der Waals surface area contributed by atoms with Gasteiger partial charge in [0.25, 0.3) is 5.91 Å². The molecule has 0 saturated heterocycles. The van der Waals surface area contributed by atoms with Crippen molar-refractivity contribution < 1.29 is 14.7 Å². The first-order chi connectivity index (χ1) is 8.47. The minimum absolute atomic E-state index is 0.332. The van der Waals surface area contributed by atoms with Crippen molar-refractivity contribution in [3.05, 3.63) is 23.8 Å². The Bertz CT molecular complexity index is 623. The number of anilines is 1. The summed E-state index contributed by atoms with van der Waals surface area (Å²) in [4.78, 5) is 27.7. The van der Waals surface area contributed by atoms with E-state index >= 15 is 0 Å². The highest BCUT2D eigenvalue weighted by Gasteiger charge is 2.15. The second-order valence-corrected chi connectivity index (χ2v) is 4.85. The lowest BCUT2D eigenvalue weighted by Gasteiger charge is -2.14. The van der Waals surface area contributed by atoms with Gasteiger partial charge in [0.15, 0.2) is 5.13 Å². The fourth-order valence-corrected chi connectivity index (χ4v) is 2.34. The third kappa shape index (κ3) is 2.40. The summed E-state index contributed by atoms with van der Waals surface area (Å²) in [6.07, 6.45) is 0. The molecule has 3 N–H and O–H groups in total. The van der Waals surface area contributed by atoms with E-state index in [4.69, 9.17) is 10.8 Å². The van der Waals surface area contributed by atoms with Gasteiger partial charge in [-0.1, -0.05) is 11.3 Å². The smallest absolute Gasteiger partial charge is 0.323 e. The molecule has 1 amide bonds.